The van der Waals surface area contributed by atoms with Crippen LogP contribution in [0.1, 0.15) is 11.3 Å². The molecule has 2 aromatic rings. The van der Waals surface area contributed by atoms with Gasteiger partial charge in [-0.2, -0.15) is 13.2 Å². The molecular weight excluding hydrogens is 407 g/mol. The lowest BCUT2D eigenvalue weighted by Crippen LogP contribution is -2.19. The summed E-state index contributed by atoms with van der Waals surface area (Å²) < 4.78 is 44.7. The maximum Gasteiger partial charge on any atom is 0.431 e. The second-order valence-electron chi connectivity index (χ2n) is 4.08. The van der Waals surface area contributed by atoms with Crippen LogP contribution in [-0.2, 0) is 6.18 Å². The van der Waals surface area contributed by atoms with Crippen molar-refractivity contribution < 1.29 is 17.9 Å². The van der Waals surface area contributed by atoms with Gasteiger partial charge in [0.15, 0.2) is 5.43 Å². The van der Waals surface area contributed by atoms with Crippen molar-refractivity contribution in [2.75, 3.05) is 7.11 Å². The van der Waals surface area contributed by atoms with E-state index in [0.29, 0.717) is 8.95 Å². The molecule has 1 aromatic heterocycles. The van der Waals surface area contributed by atoms with Gasteiger partial charge in [-0.25, -0.2) is 0 Å². The molecule has 108 valence electrons. The van der Waals surface area contributed by atoms with E-state index in [-0.39, 0.29) is 16.7 Å². The highest BCUT2D eigenvalue weighted by atomic mass is 79.9. The molecule has 1 heterocycles. The minimum atomic E-state index is -4.63. The fourth-order valence-corrected chi connectivity index (χ4v) is 3.37. The van der Waals surface area contributed by atoms with E-state index in [9.17, 15) is 18.0 Å². The Labute approximate surface area is 128 Å². The summed E-state index contributed by atoms with van der Waals surface area (Å²) in [5, 5.41) is 0.0688. The van der Waals surface area contributed by atoms with Crippen LogP contribution < -0.4 is 10.2 Å². The van der Waals surface area contributed by atoms with Crippen LogP contribution in [0.3, 0.4) is 0 Å². The first-order valence-corrected chi connectivity index (χ1v) is 6.92. The number of ether oxygens (including phenoxy) is 1. The van der Waals surface area contributed by atoms with Gasteiger partial charge in [-0.05, 0) is 44.8 Å². The van der Waals surface area contributed by atoms with Crippen molar-refractivity contribution >= 4 is 42.8 Å². The van der Waals surface area contributed by atoms with Crippen LogP contribution in [0.15, 0.2) is 19.8 Å². The van der Waals surface area contributed by atoms with Crippen LogP contribution in [0.4, 0.5) is 13.2 Å². The van der Waals surface area contributed by atoms with Crippen LogP contribution in [0.5, 0.6) is 5.75 Å². The molecule has 0 unspecified atom stereocenters. The summed E-state index contributed by atoms with van der Waals surface area (Å²) >= 11 is 6.36. The summed E-state index contributed by atoms with van der Waals surface area (Å²) in [6, 6.07) is 1.52. The fourth-order valence-electron chi connectivity index (χ4n) is 1.94. The Morgan fingerprint density at radius 1 is 1.25 bits per heavy atom. The molecular formula is C12H8Br2F3NO2. The minimum absolute atomic E-state index is 0.0491. The second-order valence-corrected chi connectivity index (χ2v) is 5.78. The zero-order valence-corrected chi connectivity index (χ0v) is 13.5. The van der Waals surface area contributed by atoms with Gasteiger partial charge in [0.1, 0.15) is 11.4 Å². The SMILES string of the molecule is COc1c(Br)cc(Br)c2[nH]c(C(F)(F)F)c(C)c(=O)c12. The van der Waals surface area contributed by atoms with Crippen molar-refractivity contribution in [1.29, 1.82) is 0 Å². The zero-order chi connectivity index (χ0) is 15.2. The van der Waals surface area contributed by atoms with Crippen molar-refractivity contribution in [1.82, 2.24) is 4.98 Å². The van der Waals surface area contributed by atoms with Gasteiger partial charge < -0.3 is 9.72 Å². The minimum Gasteiger partial charge on any atom is -0.495 e. The quantitative estimate of drug-likeness (QED) is 0.751. The van der Waals surface area contributed by atoms with Crippen molar-refractivity contribution in [3.63, 3.8) is 0 Å². The number of pyridine rings is 1. The number of rotatable bonds is 1. The lowest BCUT2D eigenvalue weighted by atomic mass is 10.1. The molecule has 0 aliphatic carbocycles. The number of methoxy groups -OCH3 is 1. The predicted octanol–water partition coefficient (Wildman–Crippen LogP) is 4.39. The second kappa shape index (κ2) is 5.07. The number of fused-ring (bicyclic) bond motifs is 1. The molecule has 1 aromatic carbocycles. The smallest absolute Gasteiger partial charge is 0.431 e. The Kier molecular flexibility index (Phi) is 3.90. The number of aromatic amines is 1. The summed E-state index contributed by atoms with van der Waals surface area (Å²) in [4.78, 5) is 14.5. The third-order valence-corrected chi connectivity index (χ3v) is 4.08. The monoisotopic (exact) mass is 413 g/mol. The van der Waals surface area contributed by atoms with E-state index < -0.39 is 22.9 Å². The molecule has 20 heavy (non-hydrogen) atoms. The van der Waals surface area contributed by atoms with Gasteiger partial charge in [0.2, 0.25) is 0 Å². The summed E-state index contributed by atoms with van der Waals surface area (Å²) in [5.74, 6) is 0.196. The van der Waals surface area contributed by atoms with E-state index in [1.165, 1.54) is 13.2 Å². The Balaban J connectivity index is 3.05. The predicted molar refractivity (Wildman–Crippen MR) is 76.3 cm³/mol. The van der Waals surface area contributed by atoms with Gasteiger partial charge in [0.25, 0.3) is 0 Å². The highest BCUT2D eigenvalue weighted by Gasteiger charge is 2.35. The van der Waals surface area contributed by atoms with E-state index >= 15 is 0 Å². The van der Waals surface area contributed by atoms with E-state index in [4.69, 9.17) is 4.74 Å². The summed E-state index contributed by atoms with van der Waals surface area (Å²) in [6.45, 7) is 1.13. The van der Waals surface area contributed by atoms with Crippen LogP contribution in [0.2, 0.25) is 0 Å². The molecule has 0 atom stereocenters. The Morgan fingerprint density at radius 2 is 1.85 bits per heavy atom. The van der Waals surface area contributed by atoms with Gasteiger partial charge in [-0.15, -0.1) is 0 Å². The number of hydrogen-bond donors (Lipinski definition) is 1. The van der Waals surface area contributed by atoms with Gasteiger partial charge in [0, 0.05) is 10.0 Å². The number of alkyl halides is 3. The average molecular weight is 415 g/mol. The third-order valence-electron chi connectivity index (χ3n) is 2.87. The fraction of sp³-hybridized carbons (Fsp3) is 0.250. The van der Waals surface area contributed by atoms with E-state index in [0.717, 1.165) is 6.92 Å². The number of nitrogens with one attached hydrogen (secondary N) is 1. The number of benzene rings is 1. The maximum absolute atomic E-state index is 12.9. The Morgan fingerprint density at radius 3 is 2.35 bits per heavy atom. The van der Waals surface area contributed by atoms with E-state index in [1.54, 1.807) is 0 Å². The zero-order valence-electron chi connectivity index (χ0n) is 10.3. The maximum atomic E-state index is 12.9. The largest absolute Gasteiger partial charge is 0.495 e. The van der Waals surface area contributed by atoms with Crippen LogP contribution in [0, 0.1) is 6.92 Å². The van der Waals surface area contributed by atoms with Gasteiger partial charge in [-0.3, -0.25) is 4.79 Å². The molecule has 8 heteroatoms. The van der Waals surface area contributed by atoms with Crippen molar-refractivity contribution in [2.24, 2.45) is 0 Å². The molecule has 0 bridgehead atoms. The molecule has 1 N–H and O–H groups in total. The molecule has 0 saturated carbocycles. The van der Waals surface area contributed by atoms with Crippen molar-refractivity contribution in [3.05, 3.63) is 36.5 Å². The number of halogens is 5. The molecule has 0 radical (unpaired) electrons. The normalized spacial score (nSPS) is 11.9. The number of hydrogen-bond acceptors (Lipinski definition) is 2. The van der Waals surface area contributed by atoms with Gasteiger partial charge in [-0.1, -0.05) is 0 Å². The Hall–Kier alpha value is -1.02. The molecule has 2 rings (SSSR count). The lowest BCUT2D eigenvalue weighted by Gasteiger charge is -2.15. The summed E-state index contributed by atoms with van der Waals surface area (Å²) in [7, 11) is 1.35. The average Bonchev–Trinajstić information content (AvgIpc) is 2.32. The molecule has 0 amide bonds. The van der Waals surface area contributed by atoms with Gasteiger partial charge in [0.05, 0.1) is 22.5 Å². The number of aromatic nitrogens is 1. The summed E-state index contributed by atoms with van der Waals surface area (Å²) in [6.07, 6.45) is -4.63. The first-order valence-electron chi connectivity index (χ1n) is 5.34. The lowest BCUT2D eigenvalue weighted by molar-refractivity contribution is -0.141. The molecule has 0 fully saturated rings. The topological polar surface area (TPSA) is 42.1 Å². The van der Waals surface area contributed by atoms with E-state index in [1.807, 2.05) is 0 Å². The standard InChI is InChI=1S/C12H8Br2F3NO2/c1-4-9(19)7-8(18-11(4)12(15,16)17)5(13)3-6(14)10(7)20-2/h3H,1-2H3,(H,18,19). The van der Waals surface area contributed by atoms with E-state index in [2.05, 4.69) is 36.8 Å². The first kappa shape index (κ1) is 15.4. The molecule has 0 spiro atoms. The van der Waals surface area contributed by atoms with Crippen molar-refractivity contribution in [2.45, 2.75) is 13.1 Å². The van der Waals surface area contributed by atoms with Crippen molar-refractivity contribution in [3.8, 4) is 5.75 Å². The molecule has 0 aliphatic heterocycles. The highest BCUT2D eigenvalue weighted by Crippen LogP contribution is 2.38. The van der Waals surface area contributed by atoms with Crippen LogP contribution in [0.25, 0.3) is 10.9 Å². The summed E-state index contributed by atoms with van der Waals surface area (Å²) in [5.41, 5.74) is -2.12. The molecule has 3 nitrogen and oxygen atoms in total. The number of H-pyrrole nitrogens is 1. The van der Waals surface area contributed by atoms with Gasteiger partial charge >= 0.3 is 6.18 Å². The molecule has 0 saturated heterocycles. The Bertz CT molecular complexity index is 753. The van der Waals surface area contributed by atoms with Crippen LogP contribution in [-0.4, -0.2) is 12.1 Å². The first-order chi connectivity index (χ1) is 9.18. The molecule has 0 aliphatic rings. The highest BCUT2D eigenvalue weighted by molar-refractivity contribution is 9.11. The van der Waals surface area contributed by atoms with Crippen LogP contribution >= 0.6 is 31.9 Å². The third kappa shape index (κ3) is 2.35.